The summed E-state index contributed by atoms with van der Waals surface area (Å²) in [6, 6.07) is 3.12. The van der Waals surface area contributed by atoms with E-state index in [0.29, 0.717) is 22.6 Å². The van der Waals surface area contributed by atoms with E-state index in [4.69, 9.17) is 14.2 Å². The number of esters is 1. The highest BCUT2D eigenvalue weighted by atomic mass is 79.9. The molecule has 6 nitrogen and oxygen atoms in total. The van der Waals surface area contributed by atoms with Gasteiger partial charge in [0.05, 0.1) is 24.5 Å². The number of methoxy groups -OCH3 is 2. The number of carbonyl (C=O) groups excluding carboxylic acids is 2. The molecule has 0 unspecified atom stereocenters. The van der Waals surface area contributed by atoms with Gasteiger partial charge in [-0.3, -0.25) is 9.59 Å². The van der Waals surface area contributed by atoms with E-state index in [2.05, 4.69) is 20.7 Å². The van der Waals surface area contributed by atoms with Crippen molar-refractivity contribution in [3.63, 3.8) is 0 Å². The maximum atomic E-state index is 15.1. The van der Waals surface area contributed by atoms with Crippen LogP contribution in [0.1, 0.15) is 29.4 Å². The maximum Gasteiger partial charge on any atom is 0.308 e. The van der Waals surface area contributed by atoms with E-state index in [0.717, 1.165) is 16.7 Å². The minimum absolute atomic E-state index is 0.00905. The highest BCUT2D eigenvalue weighted by Gasteiger charge is 2.23. The molecule has 9 heteroatoms. The van der Waals surface area contributed by atoms with Crippen LogP contribution in [0.5, 0.6) is 11.5 Å². The first-order chi connectivity index (χ1) is 13.4. The number of rotatable bonds is 11. The molecular formula is C19H22BrFO6S. The molecule has 0 saturated carbocycles. The molecule has 0 aliphatic rings. The van der Waals surface area contributed by atoms with Crippen molar-refractivity contribution in [2.24, 2.45) is 5.92 Å². The van der Waals surface area contributed by atoms with Gasteiger partial charge in [0, 0.05) is 35.0 Å². The van der Waals surface area contributed by atoms with Gasteiger partial charge in [0.2, 0.25) is 0 Å². The normalized spacial score (nSPS) is 12.0. The second kappa shape index (κ2) is 10.7. The largest absolute Gasteiger partial charge is 0.487 e. The van der Waals surface area contributed by atoms with E-state index in [1.165, 1.54) is 20.3 Å². The monoisotopic (exact) mass is 476 g/mol. The molecule has 0 bridgehead atoms. The van der Waals surface area contributed by atoms with Gasteiger partial charge in [-0.1, -0.05) is 22.9 Å². The molecule has 0 saturated heterocycles. The molecule has 0 aliphatic heterocycles. The molecule has 2 rings (SSSR count). The van der Waals surface area contributed by atoms with Crippen LogP contribution in [0.4, 0.5) is 4.39 Å². The maximum absolute atomic E-state index is 15.1. The number of benzene rings is 1. The zero-order valence-electron chi connectivity index (χ0n) is 15.9. The highest BCUT2D eigenvalue weighted by molar-refractivity contribution is 9.09. The van der Waals surface area contributed by atoms with Crippen LogP contribution in [0.3, 0.4) is 0 Å². The van der Waals surface area contributed by atoms with Crippen molar-refractivity contribution in [2.75, 3.05) is 32.9 Å². The predicted molar refractivity (Wildman–Crippen MR) is 108 cm³/mol. The minimum atomic E-state index is -0.588. The molecule has 2 aromatic rings. The van der Waals surface area contributed by atoms with Crippen molar-refractivity contribution in [2.45, 2.75) is 19.8 Å². The average molecular weight is 477 g/mol. The Balaban J connectivity index is 2.36. The fourth-order valence-corrected chi connectivity index (χ4v) is 3.76. The van der Waals surface area contributed by atoms with Crippen LogP contribution in [0.15, 0.2) is 12.1 Å². The Hall–Kier alpha value is -1.71. The number of hydrogen-bond donors (Lipinski definition) is 0. The third-order valence-corrected chi connectivity index (χ3v) is 5.59. The summed E-state index contributed by atoms with van der Waals surface area (Å²) in [4.78, 5) is 24.4. The standard InChI is InChI=1S/C19H22BrFO6S/c1-11(19(23)25-3)7-13(22)16-8-12-15(28-16)9-14(27-10-24-2)18(17(12)21)26-6-4-5-20/h8-9,11H,4-7,10H2,1-3H3/t11-/m0/s1. The number of ketones is 1. The van der Waals surface area contributed by atoms with Crippen LogP contribution in [0.25, 0.3) is 10.1 Å². The molecule has 28 heavy (non-hydrogen) atoms. The van der Waals surface area contributed by atoms with Crippen LogP contribution >= 0.6 is 27.3 Å². The fourth-order valence-electron chi connectivity index (χ4n) is 2.49. The summed E-state index contributed by atoms with van der Waals surface area (Å²) in [6.07, 6.45) is 0.683. The molecule has 1 heterocycles. The van der Waals surface area contributed by atoms with Crippen molar-refractivity contribution in [1.29, 1.82) is 0 Å². The molecule has 0 radical (unpaired) electrons. The first-order valence-electron chi connectivity index (χ1n) is 8.60. The van der Waals surface area contributed by atoms with Gasteiger partial charge in [-0.2, -0.15) is 0 Å². The quantitative estimate of drug-likeness (QED) is 0.155. The molecule has 154 valence electrons. The summed E-state index contributed by atoms with van der Waals surface area (Å²) in [6.45, 7) is 1.86. The number of hydrogen-bond acceptors (Lipinski definition) is 7. The van der Waals surface area contributed by atoms with Crippen LogP contribution in [0, 0.1) is 11.7 Å². The molecule has 0 aliphatic carbocycles. The molecule has 0 spiro atoms. The number of Topliss-reactive ketones (excluding diaryl/α,β-unsaturated/α-hetero) is 1. The number of thiophene rings is 1. The van der Waals surface area contributed by atoms with Crippen molar-refractivity contribution in [1.82, 2.24) is 0 Å². The third kappa shape index (κ3) is 5.42. The lowest BCUT2D eigenvalue weighted by atomic mass is 10.0. The lowest BCUT2D eigenvalue weighted by Gasteiger charge is -2.13. The van der Waals surface area contributed by atoms with Gasteiger partial charge < -0.3 is 18.9 Å². The van der Waals surface area contributed by atoms with E-state index in [1.54, 1.807) is 13.0 Å². The zero-order valence-corrected chi connectivity index (χ0v) is 18.3. The summed E-state index contributed by atoms with van der Waals surface area (Å²) in [5, 5.41) is 0.998. The Morgan fingerprint density at radius 3 is 2.64 bits per heavy atom. The van der Waals surface area contributed by atoms with E-state index in [1.807, 2.05) is 0 Å². The summed E-state index contributed by atoms with van der Waals surface area (Å²) < 4.78 is 36.2. The van der Waals surface area contributed by atoms with Gasteiger partial charge >= 0.3 is 5.97 Å². The van der Waals surface area contributed by atoms with Crippen molar-refractivity contribution in [3.05, 3.63) is 22.8 Å². The Bertz CT molecular complexity index is 837. The van der Waals surface area contributed by atoms with Crippen molar-refractivity contribution < 1.29 is 32.9 Å². The summed E-state index contributed by atoms with van der Waals surface area (Å²) in [7, 11) is 2.74. The van der Waals surface area contributed by atoms with Gasteiger partial charge in [-0.25, -0.2) is 4.39 Å². The average Bonchev–Trinajstić information content (AvgIpc) is 3.12. The van der Waals surface area contributed by atoms with Crippen LogP contribution < -0.4 is 9.47 Å². The van der Waals surface area contributed by atoms with Gasteiger partial charge in [-0.05, 0) is 12.5 Å². The predicted octanol–water partition coefficient (Wildman–Crippen LogP) is 4.57. The van der Waals surface area contributed by atoms with E-state index in [9.17, 15) is 9.59 Å². The van der Waals surface area contributed by atoms with Crippen LogP contribution in [-0.4, -0.2) is 44.7 Å². The third-order valence-electron chi connectivity index (χ3n) is 3.91. The lowest BCUT2D eigenvalue weighted by molar-refractivity contribution is -0.144. The SMILES string of the molecule is COCOc1cc2sc(C(=O)C[C@H](C)C(=O)OC)cc2c(F)c1OCCCBr. The van der Waals surface area contributed by atoms with Gasteiger partial charge in [-0.15, -0.1) is 11.3 Å². The second-order valence-electron chi connectivity index (χ2n) is 6.03. The van der Waals surface area contributed by atoms with Gasteiger partial charge in [0.25, 0.3) is 0 Å². The van der Waals surface area contributed by atoms with Gasteiger partial charge in [0.1, 0.15) is 0 Å². The summed E-state index contributed by atoms with van der Waals surface area (Å²) in [5.41, 5.74) is 0. The smallest absolute Gasteiger partial charge is 0.308 e. The molecule has 0 fully saturated rings. The molecule has 1 atom stereocenters. The van der Waals surface area contributed by atoms with Gasteiger partial charge in [0.15, 0.2) is 29.9 Å². The molecule has 1 aromatic carbocycles. The molecule has 0 N–H and O–H groups in total. The van der Waals surface area contributed by atoms with Crippen molar-refractivity contribution >= 4 is 49.1 Å². The highest BCUT2D eigenvalue weighted by Crippen LogP contribution is 2.40. The second-order valence-corrected chi connectivity index (χ2v) is 7.91. The fraction of sp³-hybridized carbons (Fsp3) is 0.474. The summed E-state index contributed by atoms with van der Waals surface area (Å²) in [5.74, 6) is -1.67. The minimum Gasteiger partial charge on any atom is -0.487 e. The first kappa shape index (κ1) is 22.6. The Morgan fingerprint density at radius 2 is 2.00 bits per heavy atom. The van der Waals surface area contributed by atoms with Crippen molar-refractivity contribution in [3.8, 4) is 11.5 Å². The number of carbonyl (C=O) groups is 2. The lowest BCUT2D eigenvalue weighted by Crippen LogP contribution is -2.16. The zero-order chi connectivity index (χ0) is 20.7. The number of alkyl halides is 1. The van der Waals surface area contributed by atoms with E-state index >= 15 is 4.39 Å². The first-order valence-corrected chi connectivity index (χ1v) is 10.5. The Morgan fingerprint density at radius 1 is 1.25 bits per heavy atom. The number of fused-ring (bicyclic) bond motifs is 1. The number of ether oxygens (including phenoxy) is 4. The molecular weight excluding hydrogens is 455 g/mol. The van der Waals surface area contributed by atoms with Crippen LogP contribution in [0.2, 0.25) is 0 Å². The molecule has 0 amide bonds. The molecule has 1 aromatic heterocycles. The Kier molecular flexibility index (Phi) is 8.65. The van der Waals surface area contributed by atoms with Crippen LogP contribution in [-0.2, 0) is 14.3 Å². The van der Waals surface area contributed by atoms with E-state index < -0.39 is 17.7 Å². The topological polar surface area (TPSA) is 71.1 Å². The Labute approximate surface area is 175 Å². The summed E-state index contributed by atoms with van der Waals surface area (Å²) >= 11 is 4.44. The number of halogens is 2. The van der Waals surface area contributed by atoms with E-state index in [-0.39, 0.29) is 35.9 Å².